The van der Waals surface area contributed by atoms with E-state index in [0.717, 1.165) is 5.56 Å². The van der Waals surface area contributed by atoms with Gasteiger partial charge >= 0.3 is 0 Å². The van der Waals surface area contributed by atoms with Crippen molar-refractivity contribution in [2.45, 2.75) is 6.61 Å². The van der Waals surface area contributed by atoms with Crippen LogP contribution in [0.1, 0.15) is 15.9 Å². The highest BCUT2D eigenvalue weighted by Gasteiger charge is 2.18. The van der Waals surface area contributed by atoms with Gasteiger partial charge < -0.3 is 15.0 Å². The standard InChI is InChI=1S/C22H21N3O4/c1-24(2)21-13-10-18(25(27)28)14-20(21)22(26)23-17-8-11-19(12-9-17)29-15-16-6-4-3-5-7-16/h3-14H,15H2,1-2H3,(H,23,26). The van der Waals surface area contributed by atoms with E-state index in [1.807, 2.05) is 30.3 Å². The molecule has 0 radical (unpaired) electrons. The van der Waals surface area contributed by atoms with Gasteiger partial charge in [-0.1, -0.05) is 30.3 Å². The van der Waals surface area contributed by atoms with Gasteiger partial charge in [0.1, 0.15) is 12.4 Å². The van der Waals surface area contributed by atoms with Crippen LogP contribution < -0.4 is 15.0 Å². The molecule has 0 bridgehead atoms. The van der Waals surface area contributed by atoms with Crippen LogP contribution in [0.5, 0.6) is 5.75 Å². The molecule has 0 fully saturated rings. The number of anilines is 2. The molecule has 3 rings (SSSR count). The SMILES string of the molecule is CN(C)c1ccc([N+](=O)[O-])cc1C(=O)Nc1ccc(OCc2ccccc2)cc1. The third-order valence-corrected chi connectivity index (χ3v) is 4.28. The number of nitro groups is 1. The molecule has 7 nitrogen and oxygen atoms in total. The van der Waals surface area contributed by atoms with Crippen molar-refractivity contribution in [2.24, 2.45) is 0 Å². The van der Waals surface area contributed by atoms with E-state index in [4.69, 9.17) is 4.74 Å². The van der Waals surface area contributed by atoms with Gasteiger partial charge in [0.15, 0.2) is 0 Å². The Bertz CT molecular complexity index is 1000. The highest BCUT2D eigenvalue weighted by molar-refractivity contribution is 6.08. The topological polar surface area (TPSA) is 84.7 Å². The summed E-state index contributed by atoms with van der Waals surface area (Å²) in [5.41, 5.74) is 2.32. The predicted octanol–water partition coefficient (Wildman–Crippen LogP) is 4.49. The zero-order chi connectivity index (χ0) is 20.8. The Labute approximate surface area is 168 Å². The lowest BCUT2D eigenvalue weighted by molar-refractivity contribution is -0.384. The number of nitrogens with zero attached hydrogens (tertiary/aromatic N) is 2. The number of nitrogens with one attached hydrogen (secondary N) is 1. The lowest BCUT2D eigenvalue weighted by atomic mass is 10.1. The highest BCUT2D eigenvalue weighted by atomic mass is 16.6. The molecule has 7 heteroatoms. The lowest BCUT2D eigenvalue weighted by Gasteiger charge is -2.17. The number of benzene rings is 3. The second kappa shape index (κ2) is 8.88. The average Bonchev–Trinajstić information content (AvgIpc) is 2.73. The summed E-state index contributed by atoms with van der Waals surface area (Å²) >= 11 is 0. The molecule has 1 amide bonds. The monoisotopic (exact) mass is 391 g/mol. The van der Waals surface area contributed by atoms with E-state index in [1.54, 1.807) is 49.3 Å². The number of ether oxygens (including phenoxy) is 1. The fourth-order valence-electron chi connectivity index (χ4n) is 2.78. The van der Waals surface area contributed by atoms with Gasteiger partial charge in [0.25, 0.3) is 11.6 Å². The fourth-order valence-corrected chi connectivity index (χ4v) is 2.78. The predicted molar refractivity (Wildman–Crippen MR) is 113 cm³/mol. The van der Waals surface area contributed by atoms with Crippen molar-refractivity contribution in [1.29, 1.82) is 0 Å². The van der Waals surface area contributed by atoms with E-state index in [2.05, 4.69) is 5.32 Å². The molecule has 0 unspecified atom stereocenters. The minimum absolute atomic E-state index is 0.134. The average molecular weight is 391 g/mol. The number of non-ortho nitro benzene ring substituents is 1. The van der Waals surface area contributed by atoms with Crippen LogP contribution in [0.3, 0.4) is 0 Å². The van der Waals surface area contributed by atoms with Crippen LogP contribution in [0.2, 0.25) is 0 Å². The quantitative estimate of drug-likeness (QED) is 0.474. The Hall–Kier alpha value is -3.87. The zero-order valence-electron chi connectivity index (χ0n) is 16.2. The Kier molecular flexibility index (Phi) is 6.09. The molecule has 148 valence electrons. The molecule has 0 saturated carbocycles. The maximum Gasteiger partial charge on any atom is 0.270 e. The first kappa shape index (κ1) is 19.9. The Morgan fingerprint density at radius 2 is 1.72 bits per heavy atom. The summed E-state index contributed by atoms with van der Waals surface area (Å²) in [6.45, 7) is 0.451. The molecule has 0 aliphatic rings. The second-order valence-electron chi connectivity index (χ2n) is 6.61. The summed E-state index contributed by atoms with van der Waals surface area (Å²) in [4.78, 5) is 25.0. The van der Waals surface area contributed by atoms with Gasteiger partial charge in [-0.25, -0.2) is 0 Å². The van der Waals surface area contributed by atoms with Crippen molar-refractivity contribution in [1.82, 2.24) is 0 Å². The third kappa shape index (κ3) is 5.10. The van der Waals surface area contributed by atoms with Crippen LogP contribution >= 0.6 is 0 Å². The van der Waals surface area contributed by atoms with Gasteiger partial charge in [-0.15, -0.1) is 0 Å². The third-order valence-electron chi connectivity index (χ3n) is 4.28. The van der Waals surface area contributed by atoms with Crippen molar-refractivity contribution < 1.29 is 14.5 Å². The van der Waals surface area contributed by atoms with Gasteiger partial charge in [-0.2, -0.15) is 0 Å². The molecule has 0 aromatic heterocycles. The van der Waals surface area contributed by atoms with Crippen LogP contribution in [0.4, 0.5) is 17.1 Å². The van der Waals surface area contributed by atoms with Gasteiger partial charge in [0.05, 0.1) is 10.5 Å². The van der Waals surface area contributed by atoms with Crippen LogP contribution in [0.15, 0.2) is 72.8 Å². The molecule has 0 aliphatic heterocycles. The first-order valence-corrected chi connectivity index (χ1v) is 8.98. The first-order chi connectivity index (χ1) is 13.9. The van der Waals surface area contributed by atoms with Crippen LogP contribution in [-0.2, 0) is 6.61 Å². The van der Waals surface area contributed by atoms with Crippen LogP contribution in [-0.4, -0.2) is 24.9 Å². The molecule has 0 atom stereocenters. The molecule has 0 saturated heterocycles. The number of nitro benzene ring substituents is 1. The van der Waals surface area contributed by atoms with Gasteiger partial charge in [-0.3, -0.25) is 14.9 Å². The Morgan fingerprint density at radius 3 is 2.34 bits per heavy atom. The van der Waals surface area contributed by atoms with Crippen LogP contribution in [0.25, 0.3) is 0 Å². The van der Waals surface area contributed by atoms with E-state index in [0.29, 0.717) is 23.7 Å². The van der Waals surface area contributed by atoms with Crippen molar-refractivity contribution in [3.8, 4) is 5.75 Å². The molecule has 0 spiro atoms. The molecule has 0 aliphatic carbocycles. The minimum Gasteiger partial charge on any atom is -0.489 e. The fraction of sp³-hybridized carbons (Fsp3) is 0.136. The molecule has 29 heavy (non-hydrogen) atoms. The number of rotatable bonds is 7. The molecular weight excluding hydrogens is 370 g/mol. The number of carbonyl (C=O) groups excluding carboxylic acids is 1. The molecule has 1 N–H and O–H groups in total. The maximum absolute atomic E-state index is 12.7. The summed E-state index contributed by atoms with van der Waals surface area (Å²) in [6.07, 6.45) is 0. The van der Waals surface area contributed by atoms with Gasteiger partial charge in [0.2, 0.25) is 0 Å². The molecule has 3 aromatic carbocycles. The maximum atomic E-state index is 12.7. The number of amides is 1. The Balaban J connectivity index is 1.70. The summed E-state index contributed by atoms with van der Waals surface area (Å²) in [5, 5.41) is 13.8. The van der Waals surface area contributed by atoms with E-state index < -0.39 is 10.8 Å². The molecule has 3 aromatic rings. The largest absolute Gasteiger partial charge is 0.489 e. The first-order valence-electron chi connectivity index (χ1n) is 8.98. The van der Waals surface area contributed by atoms with Gasteiger partial charge in [-0.05, 0) is 35.9 Å². The van der Waals surface area contributed by atoms with Crippen molar-refractivity contribution in [2.75, 3.05) is 24.3 Å². The summed E-state index contributed by atoms with van der Waals surface area (Å²) in [6, 6.07) is 21.0. The van der Waals surface area contributed by atoms with Crippen molar-refractivity contribution >= 4 is 23.0 Å². The smallest absolute Gasteiger partial charge is 0.270 e. The number of carbonyl (C=O) groups is 1. The summed E-state index contributed by atoms with van der Waals surface area (Å²) < 4.78 is 5.73. The normalized spacial score (nSPS) is 10.3. The van der Waals surface area contributed by atoms with Crippen molar-refractivity contribution in [3.63, 3.8) is 0 Å². The van der Waals surface area contributed by atoms with E-state index >= 15 is 0 Å². The minimum atomic E-state index is -0.519. The Morgan fingerprint density at radius 1 is 1.03 bits per heavy atom. The summed E-state index contributed by atoms with van der Waals surface area (Å²) in [7, 11) is 3.55. The number of hydrogen-bond acceptors (Lipinski definition) is 5. The van der Waals surface area contributed by atoms with Gasteiger partial charge in [0, 0.05) is 37.6 Å². The van der Waals surface area contributed by atoms with E-state index in [-0.39, 0.29) is 11.3 Å². The highest BCUT2D eigenvalue weighted by Crippen LogP contribution is 2.26. The number of hydrogen-bond donors (Lipinski definition) is 1. The zero-order valence-corrected chi connectivity index (χ0v) is 16.2. The lowest BCUT2D eigenvalue weighted by Crippen LogP contribution is -2.18. The molecule has 0 heterocycles. The van der Waals surface area contributed by atoms with E-state index in [1.165, 1.54) is 12.1 Å². The molecular formula is C22H21N3O4. The van der Waals surface area contributed by atoms with Crippen LogP contribution in [0, 0.1) is 10.1 Å². The summed E-state index contributed by atoms with van der Waals surface area (Å²) in [5.74, 6) is 0.256. The second-order valence-corrected chi connectivity index (χ2v) is 6.61. The van der Waals surface area contributed by atoms with E-state index in [9.17, 15) is 14.9 Å². The van der Waals surface area contributed by atoms with Crippen molar-refractivity contribution in [3.05, 3.63) is 94.0 Å².